The molecule has 0 aromatic rings. The number of terminal acetylenes is 1. The number of hydrogen-bond acceptors (Lipinski definition) is 4. The molecule has 0 N–H and O–H groups in total. The third-order valence-corrected chi connectivity index (χ3v) is 2.67. The molecular formula is C6H9O4P. The van der Waals surface area contributed by atoms with Gasteiger partial charge in [-0.15, -0.1) is 6.42 Å². The van der Waals surface area contributed by atoms with E-state index in [0.29, 0.717) is 0 Å². The second kappa shape index (κ2) is 3.38. The van der Waals surface area contributed by atoms with Gasteiger partial charge >= 0.3 is 7.82 Å². The molecule has 2 unspecified atom stereocenters. The monoisotopic (exact) mass is 176 g/mol. The van der Waals surface area contributed by atoms with Crippen LogP contribution in [0.4, 0.5) is 0 Å². The number of hydrogen-bond donors (Lipinski definition) is 0. The lowest BCUT2D eigenvalue weighted by molar-refractivity contribution is 0.193. The van der Waals surface area contributed by atoms with E-state index in [9.17, 15) is 4.57 Å². The van der Waals surface area contributed by atoms with Gasteiger partial charge in [-0.2, -0.15) is 0 Å². The summed E-state index contributed by atoms with van der Waals surface area (Å²) in [5.74, 6) is 2.28. The smallest absolute Gasteiger partial charge is 0.287 e. The molecule has 1 heterocycles. The maximum atomic E-state index is 11.2. The minimum atomic E-state index is -3.29. The predicted molar refractivity (Wildman–Crippen MR) is 38.9 cm³/mol. The van der Waals surface area contributed by atoms with Gasteiger partial charge in [-0.25, -0.2) is 4.57 Å². The Morgan fingerprint density at radius 1 is 1.91 bits per heavy atom. The molecule has 2 atom stereocenters. The Labute approximate surface area is 65.4 Å². The van der Waals surface area contributed by atoms with Gasteiger partial charge in [-0.05, 0) is 6.92 Å². The van der Waals surface area contributed by atoms with Gasteiger partial charge < -0.3 is 0 Å². The molecule has 1 aliphatic rings. The van der Waals surface area contributed by atoms with E-state index in [0.717, 1.165) is 0 Å². The van der Waals surface area contributed by atoms with Crippen LogP contribution in [0.3, 0.4) is 0 Å². The van der Waals surface area contributed by atoms with Crippen molar-refractivity contribution >= 4 is 7.82 Å². The molecular weight excluding hydrogens is 167 g/mol. The van der Waals surface area contributed by atoms with Gasteiger partial charge in [0.15, 0.2) is 6.10 Å². The summed E-state index contributed by atoms with van der Waals surface area (Å²) in [5, 5.41) is 0. The highest BCUT2D eigenvalue weighted by molar-refractivity contribution is 7.48. The Bertz CT molecular complexity index is 219. The van der Waals surface area contributed by atoms with Crippen LogP contribution in [0, 0.1) is 12.3 Å². The van der Waals surface area contributed by atoms with Gasteiger partial charge in [-0.3, -0.25) is 13.6 Å². The molecule has 0 radical (unpaired) electrons. The highest BCUT2D eigenvalue weighted by Gasteiger charge is 2.37. The van der Waals surface area contributed by atoms with E-state index in [1.54, 1.807) is 6.92 Å². The van der Waals surface area contributed by atoms with Crippen molar-refractivity contribution in [1.82, 2.24) is 0 Å². The van der Waals surface area contributed by atoms with Gasteiger partial charge in [0.1, 0.15) is 0 Å². The molecule has 62 valence electrons. The second-order valence-electron chi connectivity index (χ2n) is 1.92. The summed E-state index contributed by atoms with van der Waals surface area (Å²) in [4.78, 5) is 0. The normalized spacial score (nSPS) is 36.9. The third-order valence-electron chi connectivity index (χ3n) is 1.11. The van der Waals surface area contributed by atoms with Crippen LogP contribution >= 0.6 is 7.82 Å². The highest BCUT2D eigenvalue weighted by Crippen LogP contribution is 2.54. The van der Waals surface area contributed by atoms with Gasteiger partial charge in [0.05, 0.1) is 13.2 Å². The van der Waals surface area contributed by atoms with E-state index in [4.69, 9.17) is 20.0 Å². The SMILES string of the molecule is C#CC1COP(=O)(OCC)O1. The lowest BCUT2D eigenvalue weighted by Gasteiger charge is -2.06. The molecule has 5 heteroatoms. The lowest BCUT2D eigenvalue weighted by Crippen LogP contribution is -2.03. The van der Waals surface area contributed by atoms with E-state index < -0.39 is 13.9 Å². The summed E-state index contributed by atoms with van der Waals surface area (Å²) < 4.78 is 25.5. The maximum Gasteiger partial charge on any atom is 0.476 e. The zero-order chi connectivity index (χ0) is 8.32. The summed E-state index contributed by atoms with van der Waals surface area (Å²) in [5.41, 5.74) is 0. The Kier molecular flexibility index (Phi) is 2.69. The predicted octanol–water partition coefficient (Wildman–Crippen LogP) is 1.18. The Hall–Kier alpha value is -0.330. The Morgan fingerprint density at radius 2 is 2.64 bits per heavy atom. The first kappa shape index (κ1) is 8.76. The molecule has 0 amide bonds. The van der Waals surface area contributed by atoms with Gasteiger partial charge in [-0.1, -0.05) is 5.92 Å². The zero-order valence-electron chi connectivity index (χ0n) is 6.15. The van der Waals surface area contributed by atoms with Crippen molar-refractivity contribution in [2.45, 2.75) is 13.0 Å². The van der Waals surface area contributed by atoms with Crippen molar-refractivity contribution in [3.05, 3.63) is 0 Å². The van der Waals surface area contributed by atoms with Crippen molar-refractivity contribution in [3.8, 4) is 12.3 Å². The Morgan fingerprint density at radius 3 is 3.09 bits per heavy atom. The molecule has 0 saturated carbocycles. The van der Waals surface area contributed by atoms with Crippen LogP contribution in [0.25, 0.3) is 0 Å². The molecule has 1 rings (SSSR count). The van der Waals surface area contributed by atoms with Crippen LogP contribution in [-0.2, 0) is 18.1 Å². The summed E-state index contributed by atoms with van der Waals surface area (Å²) in [6, 6.07) is 0. The zero-order valence-corrected chi connectivity index (χ0v) is 7.04. The standard InChI is InChI=1S/C6H9O4P/c1-3-6-5-9-11(7,10-6)8-4-2/h1,6H,4-5H2,2H3. The first-order chi connectivity index (χ1) is 5.20. The van der Waals surface area contributed by atoms with Crippen LogP contribution < -0.4 is 0 Å². The third kappa shape index (κ3) is 2.05. The van der Waals surface area contributed by atoms with E-state index in [2.05, 4.69) is 5.92 Å². The van der Waals surface area contributed by atoms with Crippen molar-refractivity contribution in [2.24, 2.45) is 0 Å². The molecule has 0 spiro atoms. The maximum absolute atomic E-state index is 11.2. The quantitative estimate of drug-likeness (QED) is 0.468. The topological polar surface area (TPSA) is 44.8 Å². The first-order valence-corrected chi connectivity index (χ1v) is 4.70. The van der Waals surface area contributed by atoms with Crippen molar-refractivity contribution in [1.29, 1.82) is 0 Å². The van der Waals surface area contributed by atoms with Crippen LogP contribution in [0.1, 0.15) is 6.92 Å². The van der Waals surface area contributed by atoms with E-state index in [1.165, 1.54) is 0 Å². The van der Waals surface area contributed by atoms with Crippen molar-refractivity contribution in [3.63, 3.8) is 0 Å². The number of phosphoric acid groups is 1. The molecule has 4 nitrogen and oxygen atoms in total. The van der Waals surface area contributed by atoms with Crippen LogP contribution in [0.15, 0.2) is 0 Å². The average molecular weight is 176 g/mol. The second-order valence-corrected chi connectivity index (χ2v) is 3.54. The van der Waals surface area contributed by atoms with Crippen molar-refractivity contribution in [2.75, 3.05) is 13.2 Å². The van der Waals surface area contributed by atoms with Crippen molar-refractivity contribution < 1.29 is 18.1 Å². The first-order valence-electron chi connectivity index (χ1n) is 3.24. The van der Waals surface area contributed by atoms with Gasteiger partial charge in [0.2, 0.25) is 0 Å². The van der Waals surface area contributed by atoms with Crippen LogP contribution in [-0.4, -0.2) is 19.3 Å². The van der Waals surface area contributed by atoms with Crippen LogP contribution in [0.5, 0.6) is 0 Å². The molecule has 0 aromatic heterocycles. The summed E-state index contributed by atoms with van der Waals surface area (Å²) in [6.45, 7) is 2.14. The fourth-order valence-corrected chi connectivity index (χ4v) is 1.94. The number of phosphoric ester groups is 1. The molecule has 0 aliphatic carbocycles. The fraction of sp³-hybridized carbons (Fsp3) is 0.667. The summed E-state index contributed by atoms with van der Waals surface area (Å²) >= 11 is 0. The molecule has 1 saturated heterocycles. The molecule has 1 fully saturated rings. The lowest BCUT2D eigenvalue weighted by atomic mass is 10.4. The summed E-state index contributed by atoms with van der Waals surface area (Å²) in [6.07, 6.45) is 4.48. The Balaban J connectivity index is 2.53. The largest absolute Gasteiger partial charge is 0.476 e. The highest BCUT2D eigenvalue weighted by atomic mass is 31.2. The number of rotatable bonds is 2. The summed E-state index contributed by atoms with van der Waals surface area (Å²) in [7, 11) is -3.29. The minimum absolute atomic E-state index is 0.147. The van der Waals surface area contributed by atoms with Gasteiger partial charge in [0.25, 0.3) is 0 Å². The average Bonchev–Trinajstić information content (AvgIpc) is 2.33. The molecule has 0 aromatic carbocycles. The molecule has 0 bridgehead atoms. The van der Waals surface area contributed by atoms with Gasteiger partial charge in [0, 0.05) is 0 Å². The fourth-order valence-electron chi connectivity index (χ4n) is 0.680. The minimum Gasteiger partial charge on any atom is -0.287 e. The van der Waals surface area contributed by atoms with E-state index >= 15 is 0 Å². The molecule has 11 heavy (non-hydrogen) atoms. The van der Waals surface area contributed by atoms with E-state index in [-0.39, 0.29) is 13.2 Å². The van der Waals surface area contributed by atoms with Crippen LogP contribution in [0.2, 0.25) is 0 Å². The molecule has 1 aliphatic heterocycles. The van der Waals surface area contributed by atoms with E-state index in [1.807, 2.05) is 0 Å².